The molecule has 1 aromatic rings. The highest BCUT2D eigenvalue weighted by Gasteiger charge is 1.98. The van der Waals surface area contributed by atoms with Gasteiger partial charge in [0.15, 0.2) is 0 Å². The van der Waals surface area contributed by atoms with Gasteiger partial charge in [-0.05, 0) is 24.3 Å². The van der Waals surface area contributed by atoms with Gasteiger partial charge in [-0.2, -0.15) is 3.28 Å². The largest absolute Gasteiger partial charge is 0.508 e. The summed E-state index contributed by atoms with van der Waals surface area (Å²) < 4.78 is 1.58. The lowest BCUT2D eigenvalue weighted by molar-refractivity contribution is 0.236. The smallest absolute Gasteiger partial charge is 0.115 e. The van der Waals surface area contributed by atoms with Crippen molar-refractivity contribution in [1.29, 1.82) is 0 Å². The van der Waals surface area contributed by atoms with E-state index >= 15 is 0 Å². The maximum atomic E-state index is 8.95. The molecule has 11 heavy (non-hydrogen) atoms. The predicted molar refractivity (Wildman–Crippen MR) is 51.6 cm³/mol. The van der Waals surface area contributed by atoms with Gasteiger partial charge in [-0.25, -0.2) is 0 Å². The molecule has 0 fully saturated rings. The van der Waals surface area contributed by atoms with Crippen molar-refractivity contribution in [1.82, 2.24) is 0 Å². The first-order valence-electron chi connectivity index (χ1n) is 3.03. The van der Waals surface area contributed by atoms with Crippen molar-refractivity contribution < 1.29 is 9.94 Å². The number of phenols is 1. The second-order valence-corrected chi connectivity index (χ2v) is 2.82. The molecule has 0 aliphatic rings. The number of rotatable bonds is 2. The van der Waals surface area contributed by atoms with Crippen molar-refractivity contribution in [2.45, 2.75) is 0 Å². The molecule has 0 heterocycles. The van der Waals surface area contributed by atoms with E-state index in [1.54, 1.807) is 34.7 Å². The van der Waals surface area contributed by atoms with Crippen LogP contribution in [0.1, 0.15) is 0 Å². The van der Waals surface area contributed by atoms with Crippen molar-refractivity contribution in [2.75, 3.05) is 10.4 Å². The van der Waals surface area contributed by atoms with Gasteiger partial charge in [0.25, 0.3) is 0 Å². The molecule has 0 saturated heterocycles. The van der Waals surface area contributed by atoms with Crippen molar-refractivity contribution in [3.63, 3.8) is 0 Å². The Hall–Kier alpha value is -0.490. The first-order valence-corrected chi connectivity index (χ1v) is 3.99. The van der Waals surface area contributed by atoms with Crippen molar-refractivity contribution in [3.8, 4) is 5.75 Å². The Morgan fingerprint density at radius 3 is 2.36 bits per heavy atom. The zero-order valence-electron chi connectivity index (χ0n) is 5.99. The van der Waals surface area contributed by atoms with Crippen molar-refractivity contribution in [3.05, 3.63) is 24.3 Å². The third-order valence-corrected chi connectivity index (χ3v) is 2.16. The highest BCUT2D eigenvalue weighted by atomic mass is 127. The van der Waals surface area contributed by atoms with Crippen LogP contribution in [0.2, 0.25) is 0 Å². The van der Waals surface area contributed by atoms with E-state index < -0.39 is 0 Å². The van der Waals surface area contributed by atoms with Crippen LogP contribution in [0.25, 0.3) is 0 Å². The van der Waals surface area contributed by atoms with Gasteiger partial charge in [0.05, 0.1) is 35.7 Å². The second kappa shape index (κ2) is 3.77. The fourth-order valence-electron chi connectivity index (χ4n) is 0.675. The highest BCUT2D eigenvalue weighted by Crippen LogP contribution is 2.20. The van der Waals surface area contributed by atoms with Gasteiger partial charge in [-0.3, -0.25) is 4.84 Å². The summed E-state index contributed by atoms with van der Waals surface area (Å²) in [7, 11) is 1.58. The zero-order chi connectivity index (χ0) is 8.27. The van der Waals surface area contributed by atoms with E-state index in [-0.39, 0.29) is 5.75 Å². The number of aromatic hydroxyl groups is 1. The Balaban J connectivity index is 2.81. The minimum Gasteiger partial charge on any atom is -0.508 e. The lowest BCUT2D eigenvalue weighted by Crippen LogP contribution is -2.05. The molecule has 4 heteroatoms. The van der Waals surface area contributed by atoms with Crippen LogP contribution < -0.4 is 3.28 Å². The predicted octanol–water partition coefficient (Wildman–Crippen LogP) is 2.11. The molecule has 3 nitrogen and oxygen atoms in total. The molecule has 1 aromatic carbocycles. The number of phenolic OH excluding ortho intramolecular Hbond substituents is 1. The van der Waals surface area contributed by atoms with Gasteiger partial charge in [-0.1, -0.05) is 0 Å². The van der Waals surface area contributed by atoms with E-state index in [0.717, 1.165) is 5.69 Å². The summed E-state index contributed by atoms with van der Waals surface area (Å²) in [6, 6.07) is 6.76. The molecule has 0 spiro atoms. The third kappa shape index (κ3) is 2.23. The summed E-state index contributed by atoms with van der Waals surface area (Å²) in [5.41, 5.74) is 0.894. The fourth-order valence-corrected chi connectivity index (χ4v) is 0.997. The average molecular weight is 265 g/mol. The number of anilines is 1. The molecular weight excluding hydrogens is 257 g/mol. The number of nitrogens with zero attached hydrogens (tertiary/aromatic N) is 1. The lowest BCUT2D eigenvalue weighted by atomic mass is 10.3. The van der Waals surface area contributed by atoms with Gasteiger partial charge in [-0.15, -0.1) is 0 Å². The molecule has 0 unspecified atom stereocenters. The van der Waals surface area contributed by atoms with Crippen molar-refractivity contribution in [2.24, 2.45) is 0 Å². The standard InChI is InChI=1S/C7H8INO2/c1-11-9(8)6-2-4-7(10)5-3-6/h2-5,10H,1H3. The average Bonchev–Trinajstić information content (AvgIpc) is 2.05. The van der Waals surface area contributed by atoms with Gasteiger partial charge in [0, 0.05) is 0 Å². The quantitative estimate of drug-likeness (QED) is 0.505. The van der Waals surface area contributed by atoms with Gasteiger partial charge < -0.3 is 5.11 Å². The Morgan fingerprint density at radius 1 is 1.36 bits per heavy atom. The minimum absolute atomic E-state index is 0.259. The molecule has 0 radical (unpaired) electrons. The van der Waals surface area contributed by atoms with Crippen LogP contribution >= 0.6 is 22.9 Å². The lowest BCUT2D eigenvalue weighted by Gasteiger charge is -2.11. The summed E-state index contributed by atoms with van der Waals surface area (Å²) in [6.07, 6.45) is 0. The maximum absolute atomic E-state index is 8.95. The topological polar surface area (TPSA) is 32.7 Å². The third-order valence-electron chi connectivity index (χ3n) is 1.21. The maximum Gasteiger partial charge on any atom is 0.115 e. The molecule has 0 saturated carbocycles. The molecule has 0 aliphatic carbocycles. The molecule has 0 atom stereocenters. The molecule has 1 N–H and O–H groups in total. The number of benzene rings is 1. The molecule has 0 aromatic heterocycles. The summed E-state index contributed by atoms with van der Waals surface area (Å²) in [6.45, 7) is 0. The monoisotopic (exact) mass is 265 g/mol. The first kappa shape index (κ1) is 8.61. The minimum atomic E-state index is 0.259. The normalized spacial score (nSPS) is 9.64. The van der Waals surface area contributed by atoms with E-state index in [0.29, 0.717) is 0 Å². The Labute approximate surface area is 79.0 Å². The number of hydrogen-bond acceptors (Lipinski definition) is 3. The zero-order valence-corrected chi connectivity index (χ0v) is 8.15. The molecule has 0 bridgehead atoms. The van der Waals surface area contributed by atoms with Crippen LogP contribution in [0.4, 0.5) is 5.69 Å². The van der Waals surface area contributed by atoms with E-state index in [9.17, 15) is 0 Å². The van der Waals surface area contributed by atoms with Crippen LogP contribution in [0.3, 0.4) is 0 Å². The number of hydrogen-bond donors (Lipinski definition) is 1. The first-order chi connectivity index (χ1) is 5.24. The molecule has 0 amide bonds. The van der Waals surface area contributed by atoms with Crippen molar-refractivity contribution >= 4 is 28.6 Å². The van der Waals surface area contributed by atoms with Crippen LogP contribution in [-0.2, 0) is 4.84 Å². The second-order valence-electron chi connectivity index (χ2n) is 1.94. The van der Waals surface area contributed by atoms with Crippen LogP contribution in [0.5, 0.6) is 5.75 Å². The Morgan fingerprint density at radius 2 is 1.91 bits per heavy atom. The van der Waals surface area contributed by atoms with Gasteiger partial charge >= 0.3 is 0 Å². The van der Waals surface area contributed by atoms with Crippen LogP contribution in [0.15, 0.2) is 24.3 Å². The van der Waals surface area contributed by atoms with Gasteiger partial charge in [0.2, 0.25) is 0 Å². The summed E-state index contributed by atoms with van der Waals surface area (Å²) in [4.78, 5) is 4.91. The van der Waals surface area contributed by atoms with Crippen LogP contribution in [0, 0.1) is 0 Å². The molecule has 60 valence electrons. The summed E-state index contributed by atoms with van der Waals surface area (Å²) in [5, 5.41) is 8.95. The Kier molecular flexibility index (Phi) is 2.95. The van der Waals surface area contributed by atoms with E-state index in [1.165, 1.54) is 0 Å². The van der Waals surface area contributed by atoms with Gasteiger partial charge in [0.1, 0.15) is 5.75 Å². The molecule has 0 aliphatic heterocycles. The van der Waals surface area contributed by atoms with E-state index in [2.05, 4.69) is 0 Å². The highest BCUT2D eigenvalue weighted by molar-refractivity contribution is 14.1. The Bertz CT molecular complexity index is 224. The SMILES string of the molecule is CON(I)c1ccc(O)cc1. The van der Waals surface area contributed by atoms with E-state index in [1.807, 2.05) is 22.9 Å². The number of halogens is 1. The van der Waals surface area contributed by atoms with Crippen LogP contribution in [-0.4, -0.2) is 12.2 Å². The summed E-state index contributed by atoms with van der Waals surface area (Å²) >= 11 is 2.01. The summed E-state index contributed by atoms with van der Waals surface area (Å²) in [5.74, 6) is 0.259. The van der Waals surface area contributed by atoms with E-state index in [4.69, 9.17) is 9.94 Å². The fraction of sp³-hybridized carbons (Fsp3) is 0.143. The molecule has 1 rings (SSSR count). The molecular formula is C7H8INO2.